The molecule has 0 saturated heterocycles. The van der Waals surface area contributed by atoms with Gasteiger partial charge in [-0.25, -0.2) is 15.0 Å². The Kier molecular flexibility index (Phi) is 3.08. The monoisotopic (exact) mass is 231 g/mol. The summed E-state index contributed by atoms with van der Waals surface area (Å²) in [5.74, 6) is 0.463. The Morgan fingerprint density at radius 1 is 1.50 bits per heavy atom. The van der Waals surface area contributed by atoms with Gasteiger partial charge in [0.2, 0.25) is 5.95 Å². The SMILES string of the molecule is Cc1cc(C#N)nc(NCc2cscn2)n1. The third kappa shape index (κ3) is 2.52. The van der Waals surface area contributed by atoms with Gasteiger partial charge in [0.05, 0.1) is 17.7 Å². The van der Waals surface area contributed by atoms with Crippen LogP contribution in [0.1, 0.15) is 17.1 Å². The minimum absolute atomic E-state index is 0.369. The summed E-state index contributed by atoms with van der Waals surface area (Å²) in [6.07, 6.45) is 0. The average Bonchev–Trinajstić information content (AvgIpc) is 2.78. The topological polar surface area (TPSA) is 74.5 Å². The molecule has 0 aliphatic rings. The molecule has 6 heteroatoms. The van der Waals surface area contributed by atoms with Crippen molar-refractivity contribution in [2.75, 3.05) is 5.32 Å². The van der Waals surface area contributed by atoms with Crippen LogP contribution in [0.2, 0.25) is 0 Å². The van der Waals surface area contributed by atoms with Crippen LogP contribution in [-0.2, 0) is 6.54 Å². The highest BCUT2D eigenvalue weighted by molar-refractivity contribution is 7.07. The van der Waals surface area contributed by atoms with E-state index in [-0.39, 0.29) is 0 Å². The lowest BCUT2D eigenvalue weighted by molar-refractivity contribution is 0.995. The molecular weight excluding hydrogens is 222 g/mol. The summed E-state index contributed by atoms with van der Waals surface area (Å²) in [7, 11) is 0. The first-order valence-corrected chi connectivity index (χ1v) is 5.59. The van der Waals surface area contributed by atoms with Gasteiger partial charge in [0.25, 0.3) is 0 Å². The second-order valence-corrected chi connectivity index (χ2v) is 3.88. The summed E-state index contributed by atoms with van der Waals surface area (Å²) in [5.41, 5.74) is 3.85. The van der Waals surface area contributed by atoms with Crippen LogP contribution in [0, 0.1) is 18.3 Å². The Balaban J connectivity index is 2.10. The van der Waals surface area contributed by atoms with Gasteiger partial charge in [0, 0.05) is 11.1 Å². The first kappa shape index (κ1) is 10.5. The van der Waals surface area contributed by atoms with E-state index in [0.717, 1.165) is 11.4 Å². The molecule has 1 N–H and O–H groups in total. The number of nitriles is 1. The van der Waals surface area contributed by atoms with Gasteiger partial charge >= 0.3 is 0 Å². The Hall–Kier alpha value is -2.00. The predicted octanol–water partition coefficient (Wildman–Crippen LogP) is 1.73. The molecule has 2 rings (SSSR count). The van der Waals surface area contributed by atoms with Crippen molar-refractivity contribution in [2.45, 2.75) is 13.5 Å². The molecule has 0 amide bonds. The minimum Gasteiger partial charge on any atom is -0.348 e. The van der Waals surface area contributed by atoms with Gasteiger partial charge in [-0.15, -0.1) is 11.3 Å². The maximum atomic E-state index is 8.76. The zero-order valence-corrected chi connectivity index (χ0v) is 9.45. The van der Waals surface area contributed by atoms with Crippen LogP contribution in [0.15, 0.2) is 17.0 Å². The largest absolute Gasteiger partial charge is 0.348 e. The van der Waals surface area contributed by atoms with Crippen LogP contribution in [0.5, 0.6) is 0 Å². The van der Waals surface area contributed by atoms with E-state index in [1.54, 1.807) is 22.9 Å². The van der Waals surface area contributed by atoms with E-state index in [4.69, 9.17) is 5.26 Å². The first-order valence-electron chi connectivity index (χ1n) is 4.64. The Labute approximate surface area is 96.8 Å². The van der Waals surface area contributed by atoms with Gasteiger partial charge in [0.15, 0.2) is 0 Å². The predicted molar refractivity (Wildman–Crippen MR) is 60.9 cm³/mol. The first-order chi connectivity index (χ1) is 7.78. The van der Waals surface area contributed by atoms with Crippen molar-refractivity contribution in [3.05, 3.63) is 34.0 Å². The van der Waals surface area contributed by atoms with Crippen LogP contribution in [0.25, 0.3) is 0 Å². The van der Waals surface area contributed by atoms with Crippen molar-refractivity contribution < 1.29 is 0 Å². The molecule has 2 aromatic rings. The quantitative estimate of drug-likeness (QED) is 0.870. The summed E-state index contributed by atoms with van der Waals surface area (Å²) in [6, 6.07) is 3.64. The van der Waals surface area contributed by atoms with E-state index < -0.39 is 0 Å². The van der Waals surface area contributed by atoms with Crippen molar-refractivity contribution >= 4 is 17.3 Å². The number of thiazole rings is 1. The van der Waals surface area contributed by atoms with Crippen molar-refractivity contribution in [1.82, 2.24) is 15.0 Å². The molecule has 0 saturated carbocycles. The molecule has 0 aromatic carbocycles. The van der Waals surface area contributed by atoms with Gasteiger partial charge in [-0.1, -0.05) is 0 Å². The van der Waals surface area contributed by atoms with E-state index in [1.165, 1.54) is 0 Å². The summed E-state index contributed by atoms with van der Waals surface area (Å²) < 4.78 is 0. The number of nitrogens with one attached hydrogen (secondary N) is 1. The van der Waals surface area contributed by atoms with Crippen LogP contribution in [-0.4, -0.2) is 15.0 Å². The summed E-state index contributed by atoms with van der Waals surface area (Å²) >= 11 is 1.54. The molecule has 2 aromatic heterocycles. The molecule has 0 aliphatic carbocycles. The van der Waals surface area contributed by atoms with Crippen molar-refractivity contribution in [1.29, 1.82) is 5.26 Å². The highest BCUT2D eigenvalue weighted by atomic mass is 32.1. The molecule has 2 heterocycles. The number of aryl methyl sites for hydroxylation is 1. The smallest absolute Gasteiger partial charge is 0.224 e. The van der Waals surface area contributed by atoms with E-state index in [0.29, 0.717) is 18.2 Å². The molecule has 0 unspecified atom stereocenters. The van der Waals surface area contributed by atoms with E-state index in [9.17, 15) is 0 Å². The normalized spacial score (nSPS) is 9.75. The van der Waals surface area contributed by atoms with Crippen molar-refractivity contribution in [2.24, 2.45) is 0 Å². The fourth-order valence-electron chi connectivity index (χ4n) is 1.20. The van der Waals surface area contributed by atoms with Crippen LogP contribution < -0.4 is 5.32 Å². The molecule has 16 heavy (non-hydrogen) atoms. The lowest BCUT2D eigenvalue weighted by Gasteiger charge is -2.03. The standard InChI is InChI=1S/C10H9N5S/c1-7-2-8(3-11)15-10(14-7)12-4-9-5-16-6-13-9/h2,5-6H,4H2,1H3,(H,12,14,15). The van der Waals surface area contributed by atoms with E-state index in [2.05, 4.69) is 20.3 Å². The molecule has 0 bridgehead atoms. The molecular formula is C10H9N5S. The van der Waals surface area contributed by atoms with Crippen LogP contribution in [0.4, 0.5) is 5.95 Å². The number of anilines is 1. The second-order valence-electron chi connectivity index (χ2n) is 3.16. The van der Waals surface area contributed by atoms with E-state index >= 15 is 0 Å². The van der Waals surface area contributed by atoms with Crippen molar-refractivity contribution in [3.8, 4) is 6.07 Å². The third-order valence-corrected chi connectivity index (χ3v) is 2.52. The number of rotatable bonds is 3. The molecule has 0 spiro atoms. The fourth-order valence-corrected chi connectivity index (χ4v) is 1.76. The lowest BCUT2D eigenvalue weighted by atomic mass is 10.3. The molecule has 5 nitrogen and oxygen atoms in total. The van der Waals surface area contributed by atoms with Gasteiger partial charge in [-0.3, -0.25) is 0 Å². The lowest BCUT2D eigenvalue weighted by Crippen LogP contribution is -2.05. The van der Waals surface area contributed by atoms with Gasteiger partial charge in [-0.05, 0) is 13.0 Å². The molecule has 80 valence electrons. The highest BCUT2D eigenvalue weighted by Gasteiger charge is 2.02. The molecule has 0 aliphatic heterocycles. The summed E-state index contributed by atoms with van der Waals surface area (Å²) in [6.45, 7) is 2.40. The van der Waals surface area contributed by atoms with Gasteiger partial charge in [0.1, 0.15) is 11.8 Å². The maximum Gasteiger partial charge on any atom is 0.224 e. The highest BCUT2D eigenvalue weighted by Crippen LogP contribution is 2.07. The van der Waals surface area contributed by atoms with Crippen LogP contribution >= 0.6 is 11.3 Å². The minimum atomic E-state index is 0.369. The zero-order valence-electron chi connectivity index (χ0n) is 8.64. The number of aromatic nitrogens is 3. The molecule has 0 radical (unpaired) electrons. The second kappa shape index (κ2) is 4.68. The Bertz CT molecular complexity index is 515. The van der Waals surface area contributed by atoms with Crippen molar-refractivity contribution in [3.63, 3.8) is 0 Å². The summed E-state index contributed by atoms with van der Waals surface area (Å²) in [5, 5.41) is 13.7. The molecule has 0 atom stereocenters. The maximum absolute atomic E-state index is 8.76. The zero-order chi connectivity index (χ0) is 11.4. The van der Waals surface area contributed by atoms with Gasteiger partial charge in [-0.2, -0.15) is 5.26 Å². The van der Waals surface area contributed by atoms with Gasteiger partial charge < -0.3 is 5.32 Å². The third-order valence-electron chi connectivity index (χ3n) is 1.88. The number of hydrogen-bond donors (Lipinski definition) is 1. The Morgan fingerprint density at radius 3 is 3.06 bits per heavy atom. The summed E-state index contributed by atoms with van der Waals surface area (Å²) in [4.78, 5) is 12.4. The average molecular weight is 231 g/mol. The van der Waals surface area contributed by atoms with Crippen LogP contribution in [0.3, 0.4) is 0 Å². The molecule has 0 fully saturated rings. The Morgan fingerprint density at radius 2 is 2.38 bits per heavy atom. The van der Waals surface area contributed by atoms with E-state index in [1.807, 2.05) is 18.4 Å². The number of nitrogens with zero attached hydrogens (tertiary/aromatic N) is 4. The number of hydrogen-bond acceptors (Lipinski definition) is 6. The fraction of sp³-hybridized carbons (Fsp3) is 0.200.